The molecule has 0 aliphatic carbocycles. The minimum atomic E-state index is 0.556. The molecule has 24 heavy (non-hydrogen) atoms. The van der Waals surface area contributed by atoms with Crippen LogP contribution in [0.5, 0.6) is 23.0 Å². The molecule has 0 aromatic heterocycles. The van der Waals surface area contributed by atoms with E-state index in [1.165, 1.54) is 0 Å². The van der Waals surface area contributed by atoms with Crippen LogP contribution >= 0.6 is 0 Å². The number of hydrogen-bond acceptors (Lipinski definition) is 6. The Balaban J connectivity index is 2.75. The number of hydrogen-bond donors (Lipinski definition) is 0. The molecule has 0 radical (unpaired) electrons. The minimum absolute atomic E-state index is 0.556. The highest BCUT2D eigenvalue weighted by Crippen LogP contribution is 2.45. The molecule has 0 heterocycles. The molecule has 0 aliphatic rings. The number of ether oxygens (including phenoxy) is 4. The number of fused-ring (bicyclic) bond motifs is 1. The summed E-state index contributed by atoms with van der Waals surface area (Å²) in [5.74, 6) is 2.58. The van der Waals surface area contributed by atoms with E-state index in [0.29, 0.717) is 29.6 Å². The second-order valence-electron chi connectivity index (χ2n) is 4.99. The van der Waals surface area contributed by atoms with Crippen molar-refractivity contribution >= 4 is 17.0 Å². The summed E-state index contributed by atoms with van der Waals surface area (Å²) in [7, 11) is 6.43. The van der Waals surface area contributed by atoms with E-state index in [-0.39, 0.29) is 0 Å². The van der Waals surface area contributed by atoms with Gasteiger partial charge in [0.25, 0.3) is 0 Å². The van der Waals surface area contributed by atoms with Crippen molar-refractivity contribution in [3.8, 4) is 23.0 Å². The third-order valence-electron chi connectivity index (χ3n) is 3.58. The summed E-state index contributed by atoms with van der Waals surface area (Å²) < 4.78 is 22.1. The normalized spacial score (nSPS) is 10.9. The lowest BCUT2D eigenvalue weighted by Crippen LogP contribution is -1.99. The van der Waals surface area contributed by atoms with Crippen molar-refractivity contribution in [2.24, 2.45) is 5.16 Å². The first kappa shape index (κ1) is 17.7. The summed E-state index contributed by atoms with van der Waals surface area (Å²) >= 11 is 0. The van der Waals surface area contributed by atoms with Crippen LogP contribution < -0.4 is 18.9 Å². The molecule has 6 heteroatoms. The molecule has 0 amide bonds. The van der Waals surface area contributed by atoms with Crippen LogP contribution in [0.3, 0.4) is 0 Å². The lowest BCUT2D eigenvalue weighted by atomic mass is 10.0. The number of methoxy groups -OCH3 is 4. The molecule has 6 nitrogen and oxygen atoms in total. The summed E-state index contributed by atoms with van der Waals surface area (Å²) in [4.78, 5) is 5.19. The van der Waals surface area contributed by atoms with Crippen molar-refractivity contribution in [1.29, 1.82) is 0 Å². The molecule has 0 spiro atoms. The van der Waals surface area contributed by atoms with E-state index >= 15 is 0 Å². The van der Waals surface area contributed by atoms with Gasteiger partial charge in [-0.2, -0.15) is 0 Å². The first-order chi connectivity index (χ1) is 11.7. The number of rotatable bonds is 8. The first-order valence-corrected chi connectivity index (χ1v) is 7.66. The van der Waals surface area contributed by atoms with Gasteiger partial charge in [0.1, 0.15) is 29.6 Å². The molecule has 0 bridgehead atoms. The lowest BCUT2D eigenvalue weighted by molar-refractivity contribution is 0.146. The van der Waals surface area contributed by atoms with Gasteiger partial charge in [-0.05, 0) is 24.6 Å². The van der Waals surface area contributed by atoms with Crippen molar-refractivity contribution in [1.82, 2.24) is 0 Å². The minimum Gasteiger partial charge on any atom is -0.496 e. The molecule has 2 rings (SSSR count). The zero-order valence-electron chi connectivity index (χ0n) is 14.7. The van der Waals surface area contributed by atoms with E-state index in [1.54, 1.807) is 34.7 Å². The van der Waals surface area contributed by atoms with Crippen molar-refractivity contribution in [2.75, 3.05) is 35.0 Å². The summed E-state index contributed by atoms with van der Waals surface area (Å²) in [5, 5.41) is 5.53. The molecule has 0 N–H and O–H groups in total. The molecule has 0 atom stereocenters. The summed E-state index contributed by atoms with van der Waals surface area (Å²) in [6.45, 7) is 2.58. The fourth-order valence-corrected chi connectivity index (χ4v) is 2.51. The highest BCUT2D eigenvalue weighted by Gasteiger charge is 2.20. The molecule has 0 saturated carbocycles. The Hall–Kier alpha value is -2.63. The average molecular weight is 333 g/mol. The van der Waals surface area contributed by atoms with Gasteiger partial charge in [0.15, 0.2) is 0 Å². The van der Waals surface area contributed by atoms with Gasteiger partial charge in [-0.15, -0.1) is 0 Å². The number of benzene rings is 2. The van der Waals surface area contributed by atoms with Crippen molar-refractivity contribution in [3.05, 3.63) is 23.8 Å². The van der Waals surface area contributed by atoms with E-state index in [9.17, 15) is 0 Å². The lowest BCUT2D eigenvalue weighted by Gasteiger charge is -2.17. The van der Waals surface area contributed by atoms with Gasteiger partial charge in [0.05, 0.1) is 45.4 Å². The summed E-state index contributed by atoms with van der Waals surface area (Å²) in [5.41, 5.74) is 0.726. The third-order valence-corrected chi connectivity index (χ3v) is 3.58. The Morgan fingerprint density at radius 1 is 0.875 bits per heavy atom. The molecule has 2 aromatic rings. The predicted octanol–water partition coefficient (Wildman–Crippen LogP) is 3.63. The largest absolute Gasteiger partial charge is 0.496 e. The van der Waals surface area contributed by atoms with Crippen LogP contribution in [-0.2, 0) is 4.84 Å². The second kappa shape index (κ2) is 8.29. The molecule has 0 unspecified atom stereocenters. The van der Waals surface area contributed by atoms with Crippen LogP contribution in [0.15, 0.2) is 23.4 Å². The quantitative estimate of drug-likeness (QED) is 0.419. The molecule has 2 aromatic carbocycles. The third kappa shape index (κ3) is 3.32. The fraction of sp³-hybridized carbons (Fsp3) is 0.389. The van der Waals surface area contributed by atoms with Crippen LogP contribution in [0.2, 0.25) is 0 Å². The van der Waals surface area contributed by atoms with Gasteiger partial charge in [0, 0.05) is 5.56 Å². The van der Waals surface area contributed by atoms with E-state index in [2.05, 4.69) is 5.16 Å². The first-order valence-electron chi connectivity index (χ1n) is 7.66. The summed E-state index contributed by atoms with van der Waals surface area (Å²) in [6, 6.07) is 5.50. The Morgan fingerprint density at radius 3 is 2.04 bits per heavy atom. The van der Waals surface area contributed by atoms with Gasteiger partial charge < -0.3 is 23.8 Å². The highest BCUT2D eigenvalue weighted by atomic mass is 16.6. The van der Waals surface area contributed by atoms with E-state index in [1.807, 2.05) is 25.1 Å². The van der Waals surface area contributed by atoms with Crippen molar-refractivity contribution in [2.45, 2.75) is 13.3 Å². The van der Waals surface area contributed by atoms with Gasteiger partial charge in [-0.3, -0.25) is 0 Å². The highest BCUT2D eigenvalue weighted by molar-refractivity contribution is 6.06. The maximum absolute atomic E-state index is 5.62. The Bertz CT molecular complexity index is 727. The maximum atomic E-state index is 5.62. The standard InChI is InChI=1S/C18H23NO5/c1-6-9-24-19-11-12-10-15(22-4)16-13(20-2)7-8-14(21-3)17(16)18(12)23-5/h7-8,10-11H,6,9H2,1-5H3. The topological polar surface area (TPSA) is 58.5 Å². The molecule has 0 saturated heterocycles. The van der Waals surface area contributed by atoms with Crippen molar-refractivity contribution in [3.63, 3.8) is 0 Å². The van der Waals surface area contributed by atoms with Crippen LogP contribution in [0, 0.1) is 0 Å². The van der Waals surface area contributed by atoms with Crippen LogP contribution in [-0.4, -0.2) is 41.3 Å². The van der Waals surface area contributed by atoms with Crippen LogP contribution in [0.4, 0.5) is 0 Å². The van der Waals surface area contributed by atoms with Crippen LogP contribution in [0.1, 0.15) is 18.9 Å². The Labute approximate surface area is 141 Å². The Kier molecular flexibility index (Phi) is 6.12. The molecular weight excluding hydrogens is 310 g/mol. The SMILES string of the molecule is CCCON=Cc1cc(OC)c2c(OC)ccc(OC)c2c1OC. The molecule has 0 aliphatic heterocycles. The molecular formula is C18H23NO5. The maximum Gasteiger partial charge on any atom is 0.139 e. The summed E-state index contributed by atoms with van der Waals surface area (Å²) in [6.07, 6.45) is 2.50. The van der Waals surface area contributed by atoms with Gasteiger partial charge in [-0.25, -0.2) is 0 Å². The Morgan fingerprint density at radius 2 is 1.50 bits per heavy atom. The number of oxime groups is 1. The van der Waals surface area contributed by atoms with Gasteiger partial charge in [0.2, 0.25) is 0 Å². The molecule has 0 fully saturated rings. The second-order valence-corrected chi connectivity index (χ2v) is 4.99. The average Bonchev–Trinajstić information content (AvgIpc) is 2.63. The molecule has 130 valence electrons. The predicted molar refractivity (Wildman–Crippen MR) is 94.0 cm³/mol. The zero-order valence-corrected chi connectivity index (χ0v) is 14.7. The fourth-order valence-electron chi connectivity index (χ4n) is 2.51. The van der Waals surface area contributed by atoms with Gasteiger partial charge >= 0.3 is 0 Å². The smallest absolute Gasteiger partial charge is 0.139 e. The van der Waals surface area contributed by atoms with E-state index in [4.69, 9.17) is 23.8 Å². The van der Waals surface area contributed by atoms with E-state index in [0.717, 1.165) is 22.8 Å². The number of nitrogens with zero attached hydrogens (tertiary/aromatic N) is 1. The van der Waals surface area contributed by atoms with Crippen molar-refractivity contribution < 1.29 is 23.8 Å². The van der Waals surface area contributed by atoms with E-state index < -0.39 is 0 Å². The van der Waals surface area contributed by atoms with Gasteiger partial charge in [-0.1, -0.05) is 12.1 Å². The monoisotopic (exact) mass is 333 g/mol. The zero-order chi connectivity index (χ0) is 17.5. The van der Waals surface area contributed by atoms with Crippen LogP contribution in [0.25, 0.3) is 10.8 Å².